The van der Waals surface area contributed by atoms with Crippen LogP contribution in [0.5, 0.6) is 0 Å². The summed E-state index contributed by atoms with van der Waals surface area (Å²) in [6.45, 7) is 0.312. The molecule has 118 valence electrons. The van der Waals surface area contributed by atoms with Crippen molar-refractivity contribution in [2.75, 3.05) is 0 Å². The summed E-state index contributed by atoms with van der Waals surface area (Å²) in [5.74, 6) is 0.313. The Morgan fingerprint density at radius 2 is 1.91 bits per heavy atom. The van der Waals surface area contributed by atoms with Crippen LogP contribution in [0.2, 0.25) is 0 Å². The molecule has 1 aromatic carbocycles. The second-order valence-corrected chi connectivity index (χ2v) is 7.70. The summed E-state index contributed by atoms with van der Waals surface area (Å²) >= 11 is 21.0. The van der Waals surface area contributed by atoms with Crippen LogP contribution in [-0.4, -0.2) is 15.9 Å². The molecule has 1 atom stereocenters. The van der Waals surface area contributed by atoms with E-state index in [1.807, 2.05) is 0 Å². The molecule has 2 aromatic rings. The summed E-state index contributed by atoms with van der Waals surface area (Å²) in [4.78, 5) is 12.2. The smallest absolute Gasteiger partial charge is 0.252 e. The summed E-state index contributed by atoms with van der Waals surface area (Å²) in [6, 6.07) is 10.4. The van der Waals surface area contributed by atoms with Gasteiger partial charge in [0.15, 0.2) is 0 Å². The number of nitrogens with one attached hydrogen (secondary N) is 2. The van der Waals surface area contributed by atoms with E-state index in [1.54, 1.807) is 42.7 Å². The number of carbonyl (C=O) groups is 1. The highest BCUT2D eigenvalue weighted by Gasteiger charge is 2.34. The summed E-state index contributed by atoms with van der Waals surface area (Å²) < 4.78 is 4.35. The number of rotatable bonds is 5. The Hall–Kier alpha value is -0.720. The first kappa shape index (κ1) is 17.6. The molecule has 0 radical (unpaired) electrons. The summed E-state index contributed by atoms with van der Waals surface area (Å²) in [6.07, 6.45) is 0.667. The molecule has 0 aliphatic heterocycles. The van der Waals surface area contributed by atoms with Crippen molar-refractivity contribution in [1.29, 1.82) is 0 Å². The lowest BCUT2D eigenvalue weighted by molar-refractivity contribution is 0.0928. The minimum atomic E-state index is -1.71. The van der Waals surface area contributed by atoms with Crippen LogP contribution >= 0.6 is 50.7 Å². The van der Waals surface area contributed by atoms with Crippen LogP contribution in [0, 0.1) is 0 Å². The molecule has 0 aliphatic rings. The fraction of sp³-hybridized carbons (Fsp3) is 0.214. The molecule has 0 saturated heterocycles. The quantitative estimate of drug-likeness (QED) is 0.555. The standard InChI is InChI=1S/C14H12BrCl3N2O2/c15-10-5-3-9(4-6-10)12(21)20-13(14(16,17)18)19-8-11-2-1-7-22-11/h1-7,13,19H,8H2,(H,20,21)/t13-/m0/s1. The minimum absolute atomic E-state index is 0.312. The van der Waals surface area contributed by atoms with Crippen molar-refractivity contribution in [2.45, 2.75) is 16.5 Å². The Morgan fingerprint density at radius 3 is 2.45 bits per heavy atom. The molecule has 22 heavy (non-hydrogen) atoms. The predicted octanol–water partition coefficient (Wildman–Crippen LogP) is 4.26. The van der Waals surface area contributed by atoms with Crippen LogP contribution in [0.3, 0.4) is 0 Å². The molecule has 0 spiro atoms. The zero-order chi connectivity index (χ0) is 16.2. The van der Waals surface area contributed by atoms with Gasteiger partial charge in [-0.15, -0.1) is 0 Å². The van der Waals surface area contributed by atoms with E-state index in [0.29, 0.717) is 17.9 Å². The fourth-order valence-electron chi connectivity index (χ4n) is 1.68. The van der Waals surface area contributed by atoms with Gasteiger partial charge >= 0.3 is 0 Å². The number of halogens is 4. The number of amides is 1. The number of alkyl halides is 3. The van der Waals surface area contributed by atoms with Crippen LogP contribution < -0.4 is 10.6 Å². The van der Waals surface area contributed by atoms with Gasteiger partial charge in [0.25, 0.3) is 5.91 Å². The highest BCUT2D eigenvalue weighted by Crippen LogP contribution is 2.29. The number of hydrogen-bond donors (Lipinski definition) is 2. The molecule has 4 nitrogen and oxygen atoms in total. The van der Waals surface area contributed by atoms with Gasteiger partial charge in [0.2, 0.25) is 3.79 Å². The first-order valence-corrected chi connectivity index (χ1v) is 8.18. The van der Waals surface area contributed by atoms with Crippen LogP contribution in [-0.2, 0) is 6.54 Å². The highest BCUT2D eigenvalue weighted by atomic mass is 79.9. The summed E-state index contributed by atoms with van der Waals surface area (Å²) in [5, 5.41) is 5.60. The van der Waals surface area contributed by atoms with Crippen LogP contribution in [0.4, 0.5) is 0 Å². The van der Waals surface area contributed by atoms with E-state index in [4.69, 9.17) is 39.2 Å². The molecule has 0 bridgehead atoms. The zero-order valence-corrected chi connectivity index (χ0v) is 15.0. The van der Waals surface area contributed by atoms with Gasteiger partial charge in [-0.3, -0.25) is 10.1 Å². The number of hydrogen-bond acceptors (Lipinski definition) is 3. The van der Waals surface area contributed by atoms with Crippen LogP contribution in [0.25, 0.3) is 0 Å². The molecule has 0 aliphatic carbocycles. The van der Waals surface area contributed by atoms with Crippen molar-refractivity contribution in [3.8, 4) is 0 Å². The van der Waals surface area contributed by atoms with E-state index in [1.165, 1.54) is 0 Å². The normalized spacial score (nSPS) is 12.9. The molecule has 0 fully saturated rings. The first-order valence-electron chi connectivity index (χ1n) is 6.25. The molecule has 1 amide bonds. The van der Waals surface area contributed by atoms with Gasteiger partial charge in [-0.1, -0.05) is 50.7 Å². The molecule has 0 saturated carbocycles. The monoisotopic (exact) mass is 424 g/mol. The Balaban J connectivity index is 2.03. The van der Waals surface area contributed by atoms with Crippen LogP contribution in [0.15, 0.2) is 51.6 Å². The van der Waals surface area contributed by atoms with Crippen molar-refractivity contribution >= 4 is 56.6 Å². The minimum Gasteiger partial charge on any atom is -0.468 e. The maximum Gasteiger partial charge on any atom is 0.252 e. The summed E-state index contributed by atoms with van der Waals surface area (Å²) in [7, 11) is 0. The average molecular weight is 427 g/mol. The lowest BCUT2D eigenvalue weighted by Gasteiger charge is -2.26. The van der Waals surface area contributed by atoms with Crippen molar-refractivity contribution in [3.63, 3.8) is 0 Å². The Morgan fingerprint density at radius 1 is 1.23 bits per heavy atom. The van der Waals surface area contributed by atoms with Crippen LogP contribution in [0.1, 0.15) is 16.1 Å². The molecule has 8 heteroatoms. The predicted molar refractivity (Wildman–Crippen MR) is 91.2 cm³/mol. The Labute approximate surface area is 151 Å². The van der Waals surface area contributed by atoms with E-state index < -0.39 is 9.96 Å². The third kappa shape index (κ3) is 5.18. The zero-order valence-electron chi connectivity index (χ0n) is 11.2. The first-order chi connectivity index (χ1) is 10.4. The maximum atomic E-state index is 12.2. The number of carbonyl (C=O) groups excluding carboxylic acids is 1. The van der Waals surface area contributed by atoms with E-state index in [0.717, 1.165) is 4.47 Å². The molecule has 1 aromatic heterocycles. The van der Waals surface area contributed by atoms with Crippen molar-refractivity contribution in [3.05, 3.63) is 58.5 Å². The van der Waals surface area contributed by atoms with E-state index in [9.17, 15) is 4.79 Å². The van der Waals surface area contributed by atoms with Gasteiger partial charge in [0.1, 0.15) is 11.9 Å². The van der Waals surface area contributed by atoms with Crippen molar-refractivity contribution < 1.29 is 9.21 Å². The van der Waals surface area contributed by atoms with Gasteiger partial charge in [-0.25, -0.2) is 0 Å². The number of furan rings is 1. The highest BCUT2D eigenvalue weighted by molar-refractivity contribution is 9.10. The Kier molecular flexibility index (Phi) is 6.17. The lowest BCUT2D eigenvalue weighted by Crippen LogP contribution is -2.53. The van der Waals surface area contributed by atoms with E-state index in [-0.39, 0.29) is 5.91 Å². The fourth-order valence-corrected chi connectivity index (χ4v) is 2.34. The third-order valence-electron chi connectivity index (χ3n) is 2.77. The second kappa shape index (κ2) is 7.70. The molecule has 1 heterocycles. The van der Waals surface area contributed by atoms with E-state index >= 15 is 0 Å². The second-order valence-electron chi connectivity index (χ2n) is 4.42. The molecular weight excluding hydrogens is 414 g/mol. The van der Waals surface area contributed by atoms with Gasteiger partial charge in [-0.2, -0.15) is 0 Å². The lowest BCUT2D eigenvalue weighted by atomic mass is 10.2. The molecular formula is C14H12BrCl3N2O2. The summed E-state index contributed by atoms with van der Waals surface area (Å²) in [5.41, 5.74) is 0.460. The SMILES string of the molecule is O=C(N[C@H](NCc1ccco1)C(Cl)(Cl)Cl)c1ccc(Br)cc1. The molecule has 2 N–H and O–H groups in total. The van der Waals surface area contributed by atoms with Gasteiger partial charge in [0.05, 0.1) is 12.8 Å². The largest absolute Gasteiger partial charge is 0.468 e. The van der Waals surface area contributed by atoms with Crippen molar-refractivity contribution in [1.82, 2.24) is 10.6 Å². The number of benzene rings is 1. The third-order valence-corrected chi connectivity index (χ3v) is 3.95. The van der Waals surface area contributed by atoms with Gasteiger partial charge < -0.3 is 9.73 Å². The average Bonchev–Trinajstić information content (AvgIpc) is 2.96. The molecule has 0 unspecified atom stereocenters. The Bertz CT molecular complexity index is 612. The van der Waals surface area contributed by atoms with Gasteiger partial charge in [-0.05, 0) is 36.4 Å². The van der Waals surface area contributed by atoms with Gasteiger partial charge in [0, 0.05) is 10.0 Å². The molecule has 2 rings (SSSR count). The topological polar surface area (TPSA) is 54.3 Å². The van der Waals surface area contributed by atoms with Crippen molar-refractivity contribution in [2.24, 2.45) is 0 Å². The van der Waals surface area contributed by atoms with E-state index in [2.05, 4.69) is 26.6 Å². The maximum absolute atomic E-state index is 12.2.